The van der Waals surface area contributed by atoms with Crippen molar-refractivity contribution in [2.45, 2.75) is 0 Å². The Morgan fingerprint density at radius 3 is 1.06 bits per heavy atom. The minimum Gasteiger partial charge on any atom is -0.455 e. The van der Waals surface area contributed by atoms with Crippen LogP contribution in [0.1, 0.15) is 0 Å². The van der Waals surface area contributed by atoms with Gasteiger partial charge >= 0.3 is 0 Å². The Morgan fingerprint density at radius 1 is 0.275 bits per heavy atom. The fourth-order valence-corrected chi connectivity index (χ4v) is 10.2. The lowest BCUT2D eigenvalue weighted by Gasteiger charge is -2.08. The minimum absolute atomic E-state index is 0.922. The normalized spacial score (nSPS) is 11.9. The summed E-state index contributed by atoms with van der Waals surface area (Å²) in [4.78, 5) is 0. The molecule has 0 saturated carbocycles. The van der Waals surface area contributed by atoms with E-state index in [-0.39, 0.29) is 0 Å². The van der Waals surface area contributed by atoms with Crippen molar-refractivity contribution in [1.82, 2.24) is 0 Å². The SMILES string of the molecule is c1ccc2c(c1)sc1cccc(-c3ccc(-c4cccc5c4oc4c(-c6ccc(-c7cccc8sc9ccccc9c78)cc6)cccc45)cc3)c12. The number of rotatable bonds is 4. The van der Waals surface area contributed by atoms with Gasteiger partial charge in [0.15, 0.2) is 0 Å². The smallest absolute Gasteiger partial charge is 0.143 e. The number of hydrogen-bond donors (Lipinski definition) is 0. The van der Waals surface area contributed by atoms with E-state index in [1.165, 1.54) is 62.6 Å². The first-order chi connectivity index (χ1) is 25.3. The fraction of sp³-hybridized carbons (Fsp3) is 0. The van der Waals surface area contributed by atoms with Gasteiger partial charge < -0.3 is 4.42 Å². The van der Waals surface area contributed by atoms with Crippen LogP contribution in [-0.4, -0.2) is 0 Å². The molecule has 11 aromatic rings. The van der Waals surface area contributed by atoms with Gasteiger partial charge in [0.25, 0.3) is 0 Å². The zero-order valence-corrected chi connectivity index (χ0v) is 29.0. The molecule has 0 N–H and O–H groups in total. The largest absolute Gasteiger partial charge is 0.455 e. The third kappa shape index (κ3) is 4.45. The van der Waals surface area contributed by atoms with Crippen LogP contribution in [0.3, 0.4) is 0 Å². The lowest BCUT2D eigenvalue weighted by Crippen LogP contribution is -1.82. The molecule has 3 aromatic heterocycles. The van der Waals surface area contributed by atoms with E-state index in [1.807, 2.05) is 22.7 Å². The molecule has 1 nitrogen and oxygen atoms in total. The van der Waals surface area contributed by atoms with Crippen molar-refractivity contribution >= 4 is 85.0 Å². The first kappa shape index (κ1) is 28.8. The van der Waals surface area contributed by atoms with Gasteiger partial charge in [0.2, 0.25) is 0 Å². The molecule has 0 amide bonds. The van der Waals surface area contributed by atoms with Gasteiger partial charge in [-0.25, -0.2) is 0 Å². The number of thiophene rings is 2. The van der Waals surface area contributed by atoms with Crippen molar-refractivity contribution in [2.75, 3.05) is 0 Å². The predicted molar refractivity (Wildman–Crippen MR) is 221 cm³/mol. The standard InChI is InChI=1S/C48H28OS2/c1-3-17-41-39(9-1)45-33(11-7-19-43(45)50-41)29-21-25-31(26-22-29)35-13-5-15-37-38-16-6-14-36(48(38)49-47(35)37)32-27-23-30(24-28-32)34-12-8-20-44-46(34)40-10-2-4-18-42(40)51-44/h1-28H. The second-order valence-corrected chi connectivity index (χ2v) is 15.3. The molecule has 0 unspecified atom stereocenters. The minimum atomic E-state index is 0.922. The van der Waals surface area contributed by atoms with E-state index in [4.69, 9.17) is 4.42 Å². The lowest BCUT2D eigenvalue weighted by atomic mass is 9.95. The monoisotopic (exact) mass is 684 g/mol. The maximum Gasteiger partial charge on any atom is 0.143 e. The molecule has 11 rings (SSSR count). The molecule has 3 heteroatoms. The third-order valence-electron chi connectivity index (χ3n) is 10.3. The molecule has 0 radical (unpaired) electrons. The highest BCUT2D eigenvalue weighted by molar-refractivity contribution is 7.26. The van der Waals surface area contributed by atoms with Crippen molar-refractivity contribution < 1.29 is 4.42 Å². The number of hydrogen-bond acceptors (Lipinski definition) is 3. The predicted octanol–water partition coefficient (Wildman–Crippen LogP) is 15.0. The first-order valence-corrected chi connectivity index (χ1v) is 18.9. The molecule has 0 aliphatic heterocycles. The summed E-state index contributed by atoms with van der Waals surface area (Å²) in [6, 6.07) is 61.7. The zero-order valence-electron chi connectivity index (χ0n) is 27.4. The summed E-state index contributed by atoms with van der Waals surface area (Å²) in [7, 11) is 0. The van der Waals surface area contributed by atoms with Crippen LogP contribution < -0.4 is 0 Å². The fourth-order valence-electron chi connectivity index (χ4n) is 7.96. The van der Waals surface area contributed by atoms with E-state index in [2.05, 4.69) is 170 Å². The van der Waals surface area contributed by atoms with Crippen LogP contribution in [0.5, 0.6) is 0 Å². The highest BCUT2D eigenvalue weighted by Gasteiger charge is 2.17. The zero-order chi connectivity index (χ0) is 33.5. The number of para-hydroxylation sites is 2. The number of fused-ring (bicyclic) bond motifs is 9. The highest BCUT2D eigenvalue weighted by atomic mass is 32.1. The van der Waals surface area contributed by atoms with Crippen LogP contribution in [0.2, 0.25) is 0 Å². The average molecular weight is 685 g/mol. The van der Waals surface area contributed by atoms with Crippen LogP contribution in [0.15, 0.2) is 174 Å². The molecule has 0 aliphatic carbocycles. The van der Waals surface area contributed by atoms with Crippen molar-refractivity contribution in [3.05, 3.63) is 170 Å². The van der Waals surface area contributed by atoms with Gasteiger partial charge in [0.05, 0.1) is 0 Å². The van der Waals surface area contributed by atoms with Gasteiger partial charge in [0, 0.05) is 62.2 Å². The van der Waals surface area contributed by atoms with Gasteiger partial charge in [-0.2, -0.15) is 0 Å². The summed E-state index contributed by atoms with van der Waals surface area (Å²) in [5, 5.41) is 7.59. The second kappa shape index (κ2) is 11.3. The topological polar surface area (TPSA) is 13.1 Å². The third-order valence-corrected chi connectivity index (χ3v) is 12.6. The van der Waals surface area contributed by atoms with E-state index in [9.17, 15) is 0 Å². The summed E-state index contributed by atoms with van der Waals surface area (Å²) in [6.45, 7) is 0. The van der Waals surface area contributed by atoms with Crippen LogP contribution >= 0.6 is 22.7 Å². The Bertz CT molecular complexity index is 2910. The van der Waals surface area contributed by atoms with Crippen LogP contribution in [0.25, 0.3) is 107 Å². The molecule has 8 aromatic carbocycles. The molecule has 0 saturated heterocycles. The summed E-state index contributed by atoms with van der Waals surface area (Å²) in [5.74, 6) is 0. The number of benzene rings is 8. The van der Waals surface area contributed by atoms with E-state index in [0.717, 1.165) is 44.2 Å². The average Bonchev–Trinajstić information content (AvgIpc) is 3.89. The molecule has 0 aliphatic rings. The molecule has 51 heavy (non-hydrogen) atoms. The maximum absolute atomic E-state index is 6.85. The Hall–Kier alpha value is -6.00. The van der Waals surface area contributed by atoms with Crippen molar-refractivity contribution in [3.63, 3.8) is 0 Å². The Labute approximate surface area is 302 Å². The van der Waals surface area contributed by atoms with E-state index in [1.54, 1.807) is 0 Å². The highest BCUT2D eigenvalue weighted by Crippen LogP contribution is 2.44. The maximum atomic E-state index is 6.85. The molecular weight excluding hydrogens is 657 g/mol. The van der Waals surface area contributed by atoms with Crippen LogP contribution in [-0.2, 0) is 0 Å². The molecule has 0 spiro atoms. The van der Waals surface area contributed by atoms with Crippen LogP contribution in [0.4, 0.5) is 0 Å². The van der Waals surface area contributed by atoms with Gasteiger partial charge in [-0.05, 0) is 57.6 Å². The van der Waals surface area contributed by atoms with Gasteiger partial charge in [-0.15, -0.1) is 22.7 Å². The number of furan rings is 1. The quantitative estimate of drug-likeness (QED) is 0.180. The van der Waals surface area contributed by atoms with Crippen molar-refractivity contribution in [1.29, 1.82) is 0 Å². The summed E-state index contributed by atoms with van der Waals surface area (Å²) < 4.78 is 12.1. The Morgan fingerprint density at radius 2 is 0.608 bits per heavy atom. The molecule has 0 fully saturated rings. The van der Waals surface area contributed by atoms with Gasteiger partial charge in [-0.1, -0.05) is 146 Å². The molecular formula is C48H28OS2. The summed E-state index contributed by atoms with van der Waals surface area (Å²) in [6.07, 6.45) is 0. The first-order valence-electron chi connectivity index (χ1n) is 17.2. The summed E-state index contributed by atoms with van der Waals surface area (Å²) in [5.41, 5.74) is 11.3. The lowest BCUT2D eigenvalue weighted by molar-refractivity contribution is 0.671. The molecule has 238 valence electrons. The van der Waals surface area contributed by atoms with Crippen molar-refractivity contribution in [2.24, 2.45) is 0 Å². The molecule has 0 bridgehead atoms. The van der Waals surface area contributed by atoms with E-state index < -0.39 is 0 Å². The van der Waals surface area contributed by atoms with E-state index >= 15 is 0 Å². The molecule has 0 atom stereocenters. The van der Waals surface area contributed by atoms with Gasteiger partial charge in [0.1, 0.15) is 11.2 Å². The van der Waals surface area contributed by atoms with Gasteiger partial charge in [-0.3, -0.25) is 0 Å². The molecule has 3 heterocycles. The van der Waals surface area contributed by atoms with Crippen LogP contribution in [0, 0.1) is 0 Å². The second-order valence-electron chi connectivity index (χ2n) is 13.2. The Balaban J connectivity index is 0.986. The van der Waals surface area contributed by atoms with Crippen molar-refractivity contribution in [3.8, 4) is 44.5 Å². The Kier molecular flexibility index (Phi) is 6.36. The summed E-state index contributed by atoms with van der Waals surface area (Å²) >= 11 is 3.72. The van der Waals surface area contributed by atoms with E-state index in [0.29, 0.717) is 0 Å².